The molecule has 0 amide bonds. The second kappa shape index (κ2) is 15.0. The zero-order valence-corrected chi connectivity index (χ0v) is 16.0. The molecule has 0 bridgehead atoms. The summed E-state index contributed by atoms with van der Waals surface area (Å²) >= 11 is 2.30. The first-order valence-electron chi connectivity index (χ1n) is 7.56. The van der Waals surface area contributed by atoms with Crippen molar-refractivity contribution < 1.29 is 32.2 Å². The van der Waals surface area contributed by atoms with Crippen LogP contribution in [0.1, 0.15) is 59.3 Å². The molecular weight excluding hydrogens is 428 g/mol. The highest BCUT2D eigenvalue weighted by Gasteiger charge is 2.25. The zero-order chi connectivity index (χ0) is 18.3. The first-order chi connectivity index (χ1) is 10.6. The number of ether oxygens (including phenoxy) is 2. The quantitative estimate of drug-likeness (QED) is 0.217. The standard InChI is InChI=1S/C8H13F3O2.C7H13IO2/c1-7(12)13-6-4-2-3-5-8(9,10)11;1-3-4-7(8)5-10-6(2)9/h2-6H2,1H3;7H,3-5H2,1-2H3. The maximum atomic E-state index is 11.6. The Balaban J connectivity index is 0. The first kappa shape index (κ1) is 24.7. The van der Waals surface area contributed by atoms with Gasteiger partial charge in [0, 0.05) is 24.2 Å². The van der Waals surface area contributed by atoms with Gasteiger partial charge in [-0.2, -0.15) is 13.2 Å². The second-order valence-electron chi connectivity index (χ2n) is 4.95. The van der Waals surface area contributed by atoms with Crippen molar-refractivity contribution in [2.24, 2.45) is 0 Å². The summed E-state index contributed by atoms with van der Waals surface area (Å²) in [5.74, 6) is -0.575. The topological polar surface area (TPSA) is 52.6 Å². The summed E-state index contributed by atoms with van der Waals surface area (Å²) in [5, 5.41) is 0. The molecule has 4 nitrogen and oxygen atoms in total. The lowest BCUT2D eigenvalue weighted by molar-refractivity contribution is -0.142. The van der Waals surface area contributed by atoms with E-state index in [1.54, 1.807) is 0 Å². The van der Waals surface area contributed by atoms with Crippen molar-refractivity contribution in [2.45, 2.75) is 69.4 Å². The lowest BCUT2D eigenvalue weighted by Gasteiger charge is -2.06. The van der Waals surface area contributed by atoms with Gasteiger partial charge in [0.15, 0.2) is 0 Å². The van der Waals surface area contributed by atoms with E-state index >= 15 is 0 Å². The van der Waals surface area contributed by atoms with Crippen molar-refractivity contribution in [1.29, 1.82) is 0 Å². The molecule has 1 unspecified atom stereocenters. The summed E-state index contributed by atoms with van der Waals surface area (Å²) < 4.78 is 44.7. The van der Waals surface area contributed by atoms with Crippen LogP contribution in [0.5, 0.6) is 0 Å². The fourth-order valence-corrected chi connectivity index (χ4v) is 2.23. The Morgan fingerprint density at radius 1 is 1.04 bits per heavy atom. The van der Waals surface area contributed by atoms with Crippen LogP contribution >= 0.6 is 22.6 Å². The van der Waals surface area contributed by atoms with Crippen LogP contribution in [0.25, 0.3) is 0 Å². The average Bonchev–Trinajstić information content (AvgIpc) is 2.40. The summed E-state index contributed by atoms with van der Waals surface area (Å²) in [6, 6.07) is 0. The van der Waals surface area contributed by atoms with Crippen LogP contribution in [0.3, 0.4) is 0 Å². The fraction of sp³-hybridized carbons (Fsp3) is 0.867. The summed E-state index contributed by atoms with van der Waals surface area (Å²) in [6.45, 7) is 5.61. The molecule has 0 aromatic carbocycles. The SMILES string of the molecule is CC(=O)OCCCCCC(F)(F)F.CCCC(I)COC(C)=O. The molecule has 0 aliphatic carbocycles. The van der Waals surface area contributed by atoms with E-state index in [-0.39, 0.29) is 19.0 Å². The molecule has 0 heterocycles. The van der Waals surface area contributed by atoms with Crippen molar-refractivity contribution in [3.8, 4) is 0 Å². The minimum atomic E-state index is -4.07. The van der Waals surface area contributed by atoms with Gasteiger partial charge in [-0.3, -0.25) is 9.59 Å². The van der Waals surface area contributed by atoms with Crippen LogP contribution in [0.4, 0.5) is 13.2 Å². The van der Waals surface area contributed by atoms with Crippen LogP contribution in [0, 0.1) is 0 Å². The van der Waals surface area contributed by atoms with Crippen molar-refractivity contribution in [3.63, 3.8) is 0 Å². The molecule has 0 saturated carbocycles. The molecule has 8 heteroatoms. The number of rotatable bonds is 9. The van der Waals surface area contributed by atoms with Crippen molar-refractivity contribution >= 4 is 34.5 Å². The van der Waals surface area contributed by atoms with E-state index in [9.17, 15) is 22.8 Å². The number of carbonyl (C=O) groups is 2. The average molecular weight is 454 g/mol. The number of unbranched alkanes of at least 4 members (excludes halogenated alkanes) is 2. The Morgan fingerprint density at radius 3 is 2.04 bits per heavy atom. The van der Waals surface area contributed by atoms with Crippen LogP contribution in [0.15, 0.2) is 0 Å². The second-order valence-corrected chi connectivity index (χ2v) is 6.72. The summed E-state index contributed by atoms with van der Waals surface area (Å²) in [5.41, 5.74) is 0. The molecular formula is C15H26F3IO4. The predicted octanol–water partition coefficient (Wildman–Crippen LogP) is 4.83. The van der Waals surface area contributed by atoms with Gasteiger partial charge in [0.05, 0.1) is 6.61 Å². The summed E-state index contributed by atoms with van der Waals surface area (Å²) in [4.78, 5) is 20.6. The minimum absolute atomic E-state index is 0.102. The molecule has 0 radical (unpaired) electrons. The number of hydrogen-bond acceptors (Lipinski definition) is 4. The van der Waals surface area contributed by atoms with Crippen molar-refractivity contribution in [1.82, 2.24) is 0 Å². The monoisotopic (exact) mass is 454 g/mol. The molecule has 0 N–H and O–H groups in total. The summed E-state index contributed by atoms with van der Waals surface area (Å²) in [6.07, 6.45) is -1.52. The highest BCUT2D eigenvalue weighted by atomic mass is 127. The van der Waals surface area contributed by atoms with Crippen molar-refractivity contribution in [2.75, 3.05) is 13.2 Å². The summed E-state index contributed by atoms with van der Waals surface area (Å²) in [7, 11) is 0. The molecule has 0 aromatic heterocycles. The van der Waals surface area contributed by atoms with Gasteiger partial charge >= 0.3 is 18.1 Å². The first-order valence-corrected chi connectivity index (χ1v) is 8.80. The molecule has 0 aliphatic heterocycles. The molecule has 23 heavy (non-hydrogen) atoms. The normalized spacial score (nSPS) is 12.0. The number of alkyl halides is 4. The van der Waals surface area contributed by atoms with Gasteiger partial charge in [-0.1, -0.05) is 35.9 Å². The number of carbonyl (C=O) groups excluding carboxylic acids is 2. The Kier molecular flexibility index (Phi) is 16.1. The van der Waals surface area contributed by atoms with E-state index in [4.69, 9.17) is 4.74 Å². The van der Waals surface area contributed by atoms with Gasteiger partial charge in [-0.25, -0.2) is 0 Å². The van der Waals surface area contributed by atoms with E-state index in [1.165, 1.54) is 13.8 Å². The van der Waals surface area contributed by atoms with Gasteiger partial charge in [-0.05, 0) is 25.7 Å². The zero-order valence-electron chi connectivity index (χ0n) is 13.9. The molecule has 0 fully saturated rings. The minimum Gasteiger partial charge on any atom is -0.466 e. The van der Waals surface area contributed by atoms with Gasteiger partial charge in [-0.15, -0.1) is 0 Å². The van der Waals surface area contributed by atoms with E-state index in [1.807, 2.05) is 0 Å². The number of hydrogen-bond donors (Lipinski definition) is 0. The highest BCUT2D eigenvalue weighted by molar-refractivity contribution is 14.1. The van der Waals surface area contributed by atoms with E-state index < -0.39 is 18.6 Å². The highest BCUT2D eigenvalue weighted by Crippen LogP contribution is 2.22. The Bertz CT molecular complexity index is 322. The van der Waals surface area contributed by atoms with Crippen molar-refractivity contribution in [3.05, 3.63) is 0 Å². The van der Waals surface area contributed by atoms with E-state index in [0.29, 0.717) is 23.4 Å². The molecule has 0 aliphatic rings. The van der Waals surface area contributed by atoms with Gasteiger partial charge in [0.1, 0.15) is 6.61 Å². The smallest absolute Gasteiger partial charge is 0.389 e. The number of esters is 2. The van der Waals surface area contributed by atoms with Crippen LogP contribution in [-0.4, -0.2) is 35.3 Å². The molecule has 1 atom stereocenters. The molecule has 0 spiro atoms. The molecule has 0 aromatic rings. The third-order valence-electron chi connectivity index (χ3n) is 2.48. The molecule has 0 rings (SSSR count). The van der Waals surface area contributed by atoms with Gasteiger partial charge < -0.3 is 9.47 Å². The Hall–Kier alpha value is -0.540. The van der Waals surface area contributed by atoms with Crippen LogP contribution in [0.2, 0.25) is 0 Å². The Morgan fingerprint density at radius 2 is 1.61 bits per heavy atom. The van der Waals surface area contributed by atoms with Gasteiger partial charge in [0.2, 0.25) is 0 Å². The van der Waals surface area contributed by atoms with E-state index in [2.05, 4.69) is 34.3 Å². The maximum absolute atomic E-state index is 11.6. The van der Waals surface area contributed by atoms with Crippen LogP contribution in [-0.2, 0) is 19.1 Å². The largest absolute Gasteiger partial charge is 0.466 e. The maximum Gasteiger partial charge on any atom is 0.389 e. The third-order valence-corrected chi connectivity index (χ3v) is 3.46. The fourth-order valence-electron chi connectivity index (χ4n) is 1.42. The molecule has 0 saturated heterocycles. The number of halogens is 4. The molecule has 138 valence electrons. The lowest BCUT2D eigenvalue weighted by Crippen LogP contribution is -2.10. The van der Waals surface area contributed by atoms with E-state index in [0.717, 1.165) is 12.8 Å². The van der Waals surface area contributed by atoms with Crippen LogP contribution < -0.4 is 0 Å². The Labute approximate surface area is 149 Å². The predicted molar refractivity (Wildman–Crippen MR) is 90.5 cm³/mol. The van der Waals surface area contributed by atoms with Gasteiger partial charge in [0.25, 0.3) is 0 Å². The lowest BCUT2D eigenvalue weighted by atomic mass is 10.2. The third kappa shape index (κ3) is 26.7.